The molecule has 0 saturated carbocycles. The largest absolute Gasteiger partial charge is 0.466 e. The first-order chi connectivity index (χ1) is 10.8. The third-order valence-corrected chi connectivity index (χ3v) is 2.73. The number of ether oxygens (including phenoxy) is 2. The van der Waals surface area contributed by atoms with Crippen LogP contribution in [0.15, 0.2) is 30.0 Å². The highest BCUT2D eigenvalue weighted by Crippen LogP contribution is 2.24. The lowest BCUT2D eigenvalue weighted by Gasteiger charge is -2.12. The van der Waals surface area contributed by atoms with Crippen LogP contribution in [0.5, 0.6) is 0 Å². The molecule has 1 N–H and O–H groups in total. The molecule has 0 radical (unpaired) electrons. The van der Waals surface area contributed by atoms with Crippen molar-refractivity contribution in [1.82, 2.24) is 0 Å². The van der Waals surface area contributed by atoms with E-state index in [0.29, 0.717) is 0 Å². The molecule has 122 valence electrons. The summed E-state index contributed by atoms with van der Waals surface area (Å²) in [6.45, 7) is 1.21. The summed E-state index contributed by atoms with van der Waals surface area (Å²) in [6, 6.07) is 3.47. The number of methoxy groups -OCH3 is 2. The molecular formula is C14H14N2O7. The van der Waals surface area contributed by atoms with Gasteiger partial charge in [-0.15, -0.1) is 0 Å². The lowest BCUT2D eigenvalue weighted by atomic mass is 10.1. The van der Waals surface area contributed by atoms with E-state index in [-0.39, 0.29) is 22.6 Å². The van der Waals surface area contributed by atoms with Gasteiger partial charge in [0.15, 0.2) is 5.78 Å². The highest BCUT2D eigenvalue weighted by Gasteiger charge is 2.18. The maximum Gasteiger partial charge on any atom is 0.354 e. The molecule has 23 heavy (non-hydrogen) atoms. The maximum atomic E-state index is 11.7. The number of nitrogens with zero attached hydrogens (tertiary/aromatic N) is 1. The van der Waals surface area contributed by atoms with Gasteiger partial charge in [0.2, 0.25) is 0 Å². The van der Waals surface area contributed by atoms with Crippen LogP contribution in [0.25, 0.3) is 0 Å². The number of ketones is 1. The van der Waals surface area contributed by atoms with Gasteiger partial charge in [-0.25, -0.2) is 9.59 Å². The van der Waals surface area contributed by atoms with E-state index in [1.165, 1.54) is 13.0 Å². The van der Waals surface area contributed by atoms with Crippen LogP contribution in [-0.4, -0.2) is 36.9 Å². The van der Waals surface area contributed by atoms with Crippen molar-refractivity contribution in [1.29, 1.82) is 0 Å². The summed E-state index contributed by atoms with van der Waals surface area (Å²) in [5.74, 6) is -2.15. The molecule has 0 bridgehead atoms. The average molecular weight is 322 g/mol. The van der Waals surface area contributed by atoms with Gasteiger partial charge < -0.3 is 14.8 Å². The monoisotopic (exact) mass is 322 g/mol. The molecule has 0 spiro atoms. The minimum atomic E-state index is -0.872. The number of nitro groups is 1. The summed E-state index contributed by atoms with van der Waals surface area (Å²) in [4.78, 5) is 44.7. The SMILES string of the molecule is COC(=O)/C=C(/Nc1ccc([N+](=O)[O-])cc1C(C)=O)C(=O)OC. The van der Waals surface area contributed by atoms with Crippen molar-refractivity contribution in [2.75, 3.05) is 19.5 Å². The number of benzene rings is 1. The van der Waals surface area contributed by atoms with E-state index >= 15 is 0 Å². The predicted molar refractivity (Wildman–Crippen MR) is 78.8 cm³/mol. The zero-order valence-electron chi connectivity index (χ0n) is 12.6. The molecule has 0 aliphatic heterocycles. The summed E-state index contributed by atoms with van der Waals surface area (Å²) >= 11 is 0. The lowest BCUT2D eigenvalue weighted by molar-refractivity contribution is -0.384. The van der Waals surface area contributed by atoms with Crippen molar-refractivity contribution in [3.8, 4) is 0 Å². The van der Waals surface area contributed by atoms with E-state index in [2.05, 4.69) is 14.8 Å². The fraction of sp³-hybridized carbons (Fsp3) is 0.214. The van der Waals surface area contributed by atoms with E-state index < -0.39 is 22.6 Å². The van der Waals surface area contributed by atoms with E-state index in [0.717, 1.165) is 32.4 Å². The number of hydrogen-bond donors (Lipinski definition) is 1. The zero-order chi connectivity index (χ0) is 17.6. The number of non-ortho nitro benzene ring substituents is 1. The molecule has 0 atom stereocenters. The Balaban J connectivity index is 3.30. The van der Waals surface area contributed by atoms with Gasteiger partial charge in [0, 0.05) is 17.7 Å². The standard InChI is InChI=1S/C14H14N2O7/c1-8(17)10-6-9(16(20)21)4-5-11(10)15-12(14(19)23-3)7-13(18)22-2/h4-7,15H,1-3H3/b12-7+. The van der Waals surface area contributed by atoms with Crippen LogP contribution in [-0.2, 0) is 19.1 Å². The van der Waals surface area contributed by atoms with Crippen molar-refractivity contribution in [2.45, 2.75) is 6.92 Å². The van der Waals surface area contributed by atoms with Crippen molar-refractivity contribution in [2.24, 2.45) is 0 Å². The number of Topliss-reactive ketones (excluding diaryl/α,β-unsaturated/α-hetero) is 1. The highest BCUT2D eigenvalue weighted by atomic mass is 16.6. The van der Waals surface area contributed by atoms with E-state index in [4.69, 9.17) is 0 Å². The van der Waals surface area contributed by atoms with E-state index in [1.54, 1.807) is 0 Å². The summed E-state index contributed by atoms with van der Waals surface area (Å²) < 4.78 is 8.94. The molecule has 0 saturated heterocycles. The third-order valence-electron chi connectivity index (χ3n) is 2.73. The number of esters is 2. The van der Waals surface area contributed by atoms with Crippen LogP contribution in [0, 0.1) is 10.1 Å². The molecule has 9 nitrogen and oxygen atoms in total. The minimum Gasteiger partial charge on any atom is -0.466 e. The van der Waals surface area contributed by atoms with Crippen molar-refractivity contribution in [3.63, 3.8) is 0 Å². The first kappa shape index (κ1) is 17.8. The molecule has 1 aromatic carbocycles. The topological polar surface area (TPSA) is 125 Å². The van der Waals surface area contributed by atoms with Gasteiger partial charge in [-0.05, 0) is 13.0 Å². The molecule has 0 amide bonds. The number of rotatable bonds is 6. The summed E-state index contributed by atoms with van der Waals surface area (Å²) in [7, 11) is 2.23. The molecule has 1 rings (SSSR count). The Morgan fingerprint density at radius 2 is 1.87 bits per heavy atom. The zero-order valence-corrected chi connectivity index (χ0v) is 12.6. The van der Waals surface area contributed by atoms with Gasteiger partial charge in [-0.2, -0.15) is 0 Å². The Hall–Kier alpha value is -3.23. The molecule has 0 heterocycles. The van der Waals surface area contributed by atoms with Crippen LogP contribution >= 0.6 is 0 Å². The van der Waals surface area contributed by atoms with Gasteiger partial charge in [0.25, 0.3) is 5.69 Å². The van der Waals surface area contributed by atoms with Gasteiger partial charge >= 0.3 is 11.9 Å². The molecule has 0 unspecified atom stereocenters. The van der Waals surface area contributed by atoms with Crippen molar-refractivity contribution in [3.05, 3.63) is 45.6 Å². The molecule has 0 aromatic heterocycles. The van der Waals surface area contributed by atoms with Crippen LogP contribution in [0.2, 0.25) is 0 Å². The van der Waals surface area contributed by atoms with Gasteiger partial charge in [0.1, 0.15) is 5.70 Å². The Morgan fingerprint density at radius 1 is 1.22 bits per heavy atom. The lowest BCUT2D eigenvalue weighted by Crippen LogP contribution is -2.17. The van der Waals surface area contributed by atoms with Gasteiger partial charge in [0.05, 0.1) is 30.9 Å². The fourth-order valence-corrected chi connectivity index (χ4v) is 1.62. The first-order valence-electron chi connectivity index (χ1n) is 6.24. The fourth-order valence-electron chi connectivity index (χ4n) is 1.62. The Labute approximate surface area is 131 Å². The molecule has 0 fully saturated rings. The Kier molecular flexibility index (Phi) is 5.95. The molecule has 1 aromatic rings. The number of nitro benzene ring substituents is 1. The molecule has 0 aliphatic rings. The molecular weight excluding hydrogens is 308 g/mol. The number of hydrogen-bond acceptors (Lipinski definition) is 8. The second kappa shape index (κ2) is 7.69. The van der Waals surface area contributed by atoms with Crippen LogP contribution in [0.3, 0.4) is 0 Å². The second-order valence-electron chi connectivity index (χ2n) is 4.24. The Bertz CT molecular complexity index is 694. The minimum absolute atomic E-state index is 0.0149. The maximum absolute atomic E-state index is 11.7. The van der Waals surface area contributed by atoms with Gasteiger partial charge in [-0.1, -0.05) is 0 Å². The normalized spacial score (nSPS) is 10.7. The van der Waals surface area contributed by atoms with Gasteiger partial charge in [-0.3, -0.25) is 14.9 Å². The van der Waals surface area contributed by atoms with Crippen molar-refractivity contribution < 1.29 is 28.8 Å². The third kappa shape index (κ3) is 4.63. The Morgan fingerprint density at radius 3 is 2.35 bits per heavy atom. The van der Waals surface area contributed by atoms with Crippen LogP contribution < -0.4 is 5.32 Å². The van der Waals surface area contributed by atoms with Crippen LogP contribution in [0.1, 0.15) is 17.3 Å². The van der Waals surface area contributed by atoms with Crippen molar-refractivity contribution >= 4 is 29.1 Å². The predicted octanol–water partition coefficient (Wildman–Crippen LogP) is 1.44. The molecule has 0 aliphatic carbocycles. The summed E-state index contributed by atoms with van der Waals surface area (Å²) in [5.41, 5.74) is -0.462. The van der Waals surface area contributed by atoms with Crippen LogP contribution in [0.4, 0.5) is 11.4 Å². The number of nitrogens with one attached hydrogen (secondary N) is 1. The van der Waals surface area contributed by atoms with E-state index in [1.807, 2.05) is 0 Å². The smallest absolute Gasteiger partial charge is 0.354 e. The number of anilines is 1. The molecule has 9 heteroatoms. The summed E-state index contributed by atoms with van der Waals surface area (Å²) in [5, 5.41) is 13.3. The second-order valence-corrected chi connectivity index (χ2v) is 4.24. The average Bonchev–Trinajstić information content (AvgIpc) is 2.52. The number of carbonyl (C=O) groups excluding carboxylic acids is 3. The number of carbonyl (C=O) groups is 3. The summed E-state index contributed by atoms with van der Waals surface area (Å²) in [6.07, 6.45) is 0.844. The quantitative estimate of drug-likeness (QED) is 0.274. The first-order valence-corrected chi connectivity index (χ1v) is 6.24. The van der Waals surface area contributed by atoms with E-state index in [9.17, 15) is 24.5 Å². The highest BCUT2D eigenvalue weighted by molar-refractivity contribution is 6.03.